The molecule has 4 heteroatoms. The number of Topliss-reactive ketones (excluding diaryl/α,β-unsaturated/α-hetero) is 1. The third-order valence-corrected chi connectivity index (χ3v) is 3.09. The Balaban J connectivity index is 2.26. The van der Waals surface area contributed by atoms with Crippen molar-refractivity contribution in [2.45, 2.75) is 32.2 Å². The Labute approximate surface area is 107 Å². The van der Waals surface area contributed by atoms with Gasteiger partial charge in [-0.1, -0.05) is 0 Å². The number of nitrogens with two attached hydrogens (primary N) is 1. The monoisotopic (exact) mass is 246 g/mol. The van der Waals surface area contributed by atoms with Gasteiger partial charge in [0.2, 0.25) is 5.91 Å². The fourth-order valence-corrected chi connectivity index (χ4v) is 2.16. The summed E-state index contributed by atoms with van der Waals surface area (Å²) in [5.41, 5.74) is 7.78. The number of likely N-dealkylation sites (N-methyl/N-ethyl adjacent to an activating group) is 1. The van der Waals surface area contributed by atoms with E-state index < -0.39 is 5.54 Å². The molecule has 1 aromatic rings. The first-order valence-corrected chi connectivity index (χ1v) is 5.99. The van der Waals surface area contributed by atoms with E-state index >= 15 is 0 Å². The van der Waals surface area contributed by atoms with Gasteiger partial charge >= 0.3 is 0 Å². The van der Waals surface area contributed by atoms with Crippen LogP contribution in [-0.2, 0) is 11.2 Å². The van der Waals surface area contributed by atoms with Gasteiger partial charge in [0, 0.05) is 30.3 Å². The van der Waals surface area contributed by atoms with Crippen LogP contribution in [0.5, 0.6) is 0 Å². The van der Waals surface area contributed by atoms with E-state index in [4.69, 9.17) is 5.73 Å². The zero-order chi connectivity index (χ0) is 13.5. The molecule has 1 aliphatic rings. The Morgan fingerprint density at radius 2 is 2.11 bits per heavy atom. The molecule has 2 N–H and O–H groups in total. The molecule has 0 aliphatic carbocycles. The predicted octanol–water partition coefficient (Wildman–Crippen LogP) is 1.52. The summed E-state index contributed by atoms with van der Waals surface area (Å²) in [6, 6.07) is 5.41. The molecule has 1 heterocycles. The van der Waals surface area contributed by atoms with Crippen LogP contribution in [0, 0.1) is 0 Å². The summed E-state index contributed by atoms with van der Waals surface area (Å²) < 4.78 is 0. The maximum Gasteiger partial charge on any atom is 0.231 e. The van der Waals surface area contributed by atoms with Crippen molar-refractivity contribution in [1.29, 1.82) is 0 Å². The van der Waals surface area contributed by atoms with Crippen molar-refractivity contribution in [3.8, 4) is 0 Å². The summed E-state index contributed by atoms with van der Waals surface area (Å²) in [5.74, 6) is 0.0843. The summed E-state index contributed by atoms with van der Waals surface area (Å²) in [6.45, 7) is 3.66. The highest BCUT2D eigenvalue weighted by Gasteiger charge is 2.25. The van der Waals surface area contributed by atoms with Crippen molar-refractivity contribution in [2.24, 2.45) is 5.73 Å². The predicted molar refractivity (Wildman–Crippen MR) is 70.8 cm³/mol. The number of benzene rings is 1. The van der Waals surface area contributed by atoms with Crippen molar-refractivity contribution in [3.63, 3.8) is 0 Å². The van der Waals surface area contributed by atoms with E-state index in [1.54, 1.807) is 18.0 Å². The smallest absolute Gasteiger partial charge is 0.231 e. The summed E-state index contributed by atoms with van der Waals surface area (Å²) in [7, 11) is 1.75. The Kier molecular flexibility index (Phi) is 2.99. The number of ketones is 1. The summed E-state index contributed by atoms with van der Waals surface area (Å²) in [5, 5.41) is 0. The number of hydrogen-bond acceptors (Lipinski definition) is 3. The molecule has 0 fully saturated rings. The Morgan fingerprint density at radius 3 is 2.72 bits per heavy atom. The highest BCUT2D eigenvalue weighted by molar-refractivity contribution is 6.03. The number of hydrogen-bond donors (Lipinski definition) is 1. The lowest BCUT2D eigenvalue weighted by molar-refractivity contribution is -0.117. The first kappa shape index (κ1) is 12.8. The van der Waals surface area contributed by atoms with Crippen LogP contribution in [0.15, 0.2) is 18.2 Å². The van der Waals surface area contributed by atoms with Crippen molar-refractivity contribution in [1.82, 2.24) is 0 Å². The topological polar surface area (TPSA) is 63.4 Å². The minimum atomic E-state index is -0.511. The van der Waals surface area contributed by atoms with Crippen molar-refractivity contribution >= 4 is 17.4 Å². The van der Waals surface area contributed by atoms with Gasteiger partial charge in [0.1, 0.15) is 0 Å². The van der Waals surface area contributed by atoms with Crippen molar-refractivity contribution in [3.05, 3.63) is 29.3 Å². The average molecular weight is 246 g/mol. The van der Waals surface area contributed by atoms with Gasteiger partial charge < -0.3 is 10.6 Å². The van der Waals surface area contributed by atoms with Crippen LogP contribution in [0.4, 0.5) is 5.69 Å². The normalized spacial score (nSPS) is 14.9. The minimum absolute atomic E-state index is 0.0207. The molecular formula is C14H18N2O2. The molecule has 1 amide bonds. The maximum absolute atomic E-state index is 12.0. The van der Waals surface area contributed by atoms with Gasteiger partial charge in [0.25, 0.3) is 0 Å². The molecule has 18 heavy (non-hydrogen) atoms. The van der Waals surface area contributed by atoms with E-state index in [0.29, 0.717) is 18.4 Å². The van der Waals surface area contributed by atoms with Crippen molar-refractivity contribution < 1.29 is 9.59 Å². The molecule has 0 atom stereocenters. The molecule has 2 rings (SSSR count). The molecule has 4 nitrogen and oxygen atoms in total. The Morgan fingerprint density at radius 1 is 1.44 bits per heavy atom. The lowest BCUT2D eigenvalue weighted by Gasteiger charge is -2.17. The molecule has 1 aliphatic heterocycles. The number of anilines is 1. The maximum atomic E-state index is 12.0. The summed E-state index contributed by atoms with van der Waals surface area (Å²) >= 11 is 0. The Hall–Kier alpha value is -1.68. The number of carbonyl (C=O) groups excluding carboxylic acids is 2. The van der Waals surface area contributed by atoms with Crippen LogP contribution in [0.3, 0.4) is 0 Å². The lowest BCUT2D eigenvalue weighted by atomic mass is 9.94. The highest BCUT2D eigenvalue weighted by atomic mass is 16.2. The van der Waals surface area contributed by atoms with Gasteiger partial charge in [-0.15, -0.1) is 0 Å². The molecule has 0 unspecified atom stereocenters. The zero-order valence-corrected chi connectivity index (χ0v) is 11.0. The van der Waals surface area contributed by atoms with Gasteiger partial charge in [-0.25, -0.2) is 0 Å². The highest BCUT2D eigenvalue weighted by Crippen LogP contribution is 2.28. The van der Waals surface area contributed by atoms with E-state index in [2.05, 4.69) is 0 Å². The number of carbonyl (C=O) groups is 2. The van der Waals surface area contributed by atoms with Crippen molar-refractivity contribution in [2.75, 3.05) is 11.9 Å². The standard InChI is InChI=1S/C14H18N2O2/c1-14(2,15)8-12(17)9-4-5-11-10(6-9)7-13(18)16(11)3/h4-6H,7-8,15H2,1-3H3. The van der Waals surface area contributed by atoms with E-state index in [1.165, 1.54) is 0 Å². The fraction of sp³-hybridized carbons (Fsp3) is 0.429. The van der Waals surface area contributed by atoms with Gasteiger partial charge in [0.05, 0.1) is 6.42 Å². The second-order valence-electron chi connectivity index (χ2n) is 5.56. The van der Waals surface area contributed by atoms with Crippen LogP contribution in [0.2, 0.25) is 0 Å². The fourth-order valence-electron chi connectivity index (χ4n) is 2.16. The van der Waals surface area contributed by atoms with Crippen LogP contribution >= 0.6 is 0 Å². The number of amides is 1. The SMILES string of the molecule is CN1C(=O)Cc2cc(C(=O)CC(C)(C)N)ccc21. The van der Waals surface area contributed by atoms with Crippen LogP contribution in [-0.4, -0.2) is 24.3 Å². The van der Waals surface area contributed by atoms with Crippen LogP contribution < -0.4 is 10.6 Å². The van der Waals surface area contributed by atoms with Gasteiger partial charge in [-0.05, 0) is 37.6 Å². The average Bonchev–Trinajstić information content (AvgIpc) is 2.52. The van der Waals surface area contributed by atoms with Gasteiger partial charge in [0.15, 0.2) is 5.78 Å². The second kappa shape index (κ2) is 4.21. The molecule has 0 saturated carbocycles. The van der Waals surface area contributed by atoms with E-state index in [1.807, 2.05) is 26.0 Å². The minimum Gasteiger partial charge on any atom is -0.325 e. The zero-order valence-electron chi connectivity index (χ0n) is 11.0. The van der Waals surface area contributed by atoms with E-state index in [9.17, 15) is 9.59 Å². The summed E-state index contributed by atoms with van der Waals surface area (Å²) in [4.78, 5) is 25.2. The molecule has 0 radical (unpaired) electrons. The van der Waals surface area contributed by atoms with Crippen LogP contribution in [0.1, 0.15) is 36.2 Å². The van der Waals surface area contributed by atoms with Crippen LogP contribution in [0.25, 0.3) is 0 Å². The quantitative estimate of drug-likeness (QED) is 0.822. The lowest BCUT2D eigenvalue weighted by Crippen LogP contribution is -2.34. The first-order chi connectivity index (χ1) is 8.28. The second-order valence-corrected chi connectivity index (χ2v) is 5.56. The molecule has 0 spiro atoms. The molecule has 0 aromatic heterocycles. The van der Waals surface area contributed by atoms with E-state index in [-0.39, 0.29) is 11.7 Å². The van der Waals surface area contributed by atoms with Gasteiger partial charge in [-0.2, -0.15) is 0 Å². The van der Waals surface area contributed by atoms with E-state index in [0.717, 1.165) is 11.3 Å². The number of nitrogens with zero attached hydrogens (tertiary/aromatic N) is 1. The molecule has 0 bridgehead atoms. The molecule has 0 saturated heterocycles. The molecule has 1 aromatic carbocycles. The third-order valence-electron chi connectivity index (χ3n) is 3.09. The summed E-state index contributed by atoms with van der Waals surface area (Å²) in [6.07, 6.45) is 0.675. The third kappa shape index (κ3) is 2.43. The molecular weight excluding hydrogens is 228 g/mol. The Bertz CT molecular complexity index is 515. The first-order valence-electron chi connectivity index (χ1n) is 5.99. The number of rotatable bonds is 3. The molecule has 96 valence electrons. The number of fused-ring (bicyclic) bond motifs is 1. The van der Waals surface area contributed by atoms with Gasteiger partial charge in [-0.3, -0.25) is 9.59 Å². The largest absolute Gasteiger partial charge is 0.325 e.